The van der Waals surface area contributed by atoms with Crippen LogP contribution in [0.5, 0.6) is 5.75 Å². The number of hydrogen-bond donors (Lipinski definition) is 1. The fourth-order valence-corrected chi connectivity index (χ4v) is 2.80. The first-order valence-corrected chi connectivity index (χ1v) is 7.48. The highest BCUT2D eigenvalue weighted by atomic mass is 35.5. The summed E-state index contributed by atoms with van der Waals surface area (Å²) in [6.07, 6.45) is 1.06. The lowest BCUT2D eigenvalue weighted by Gasteiger charge is -2.28. The summed E-state index contributed by atoms with van der Waals surface area (Å²) >= 11 is 0. The molecule has 0 bridgehead atoms. The smallest absolute Gasteiger partial charge is 0.339 e. The second kappa shape index (κ2) is 7.99. The highest BCUT2D eigenvalue weighted by molar-refractivity contribution is 5.90. The molecule has 0 atom stereocenters. The minimum atomic E-state index is -0.956. The van der Waals surface area contributed by atoms with Gasteiger partial charge in [0.05, 0.1) is 0 Å². The lowest BCUT2D eigenvalue weighted by molar-refractivity contribution is 0.0691. The molecule has 1 aliphatic rings. The van der Waals surface area contributed by atoms with E-state index in [0.717, 1.165) is 26.1 Å². The lowest BCUT2D eigenvalue weighted by atomic mass is 10.0. The molecule has 0 unspecified atom stereocenters. The molecular formula is C18H20ClNO3. The van der Waals surface area contributed by atoms with Crippen LogP contribution in [0.3, 0.4) is 0 Å². The average Bonchev–Trinajstić information content (AvgIpc) is 2.55. The van der Waals surface area contributed by atoms with Crippen LogP contribution in [0, 0.1) is 0 Å². The van der Waals surface area contributed by atoms with Crippen LogP contribution in [0.4, 0.5) is 0 Å². The van der Waals surface area contributed by atoms with Gasteiger partial charge in [0, 0.05) is 19.6 Å². The molecule has 122 valence electrons. The van der Waals surface area contributed by atoms with E-state index in [9.17, 15) is 4.79 Å². The van der Waals surface area contributed by atoms with Crippen LogP contribution < -0.4 is 4.74 Å². The van der Waals surface area contributed by atoms with Gasteiger partial charge in [0.2, 0.25) is 0 Å². The third-order valence-electron chi connectivity index (χ3n) is 3.99. The van der Waals surface area contributed by atoms with Gasteiger partial charge in [0.15, 0.2) is 0 Å². The molecule has 2 aromatic carbocycles. The number of carboxylic acids is 1. The number of nitrogens with zero attached hydrogens (tertiary/aromatic N) is 1. The Bertz CT molecular complexity index is 675. The number of halogens is 1. The molecule has 0 spiro atoms. The monoisotopic (exact) mass is 333 g/mol. The zero-order valence-electron chi connectivity index (χ0n) is 12.8. The zero-order valence-corrected chi connectivity index (χ0v) is 13.6. The Labute approximate surface area is 142 Å². The van der Waals surface area contributed by atoms with E-state index in [0.29, 0.717) is 12.4 Å². The number of aromatic carboxylic acids is 1. The van der Waals surface area contributed by atoms with E-state index >= 15 is 0 Å². The molecule has 4 nitrogen and oxygen atoms in total. The first-order valence-electron chi connectivity index (χ1n) is 7.48. The number of para-hydroxylation sites is 1. The summed E-state index contributed by atoms with van der Waals surface area (Å²) in [5.74, 6) is -0.519. The summed E-state index contributed by atoms with van der Waals surface area (Å²) in [6, 6.07) is 15.3. The minimum absolute atomic E-state index is 0. The van der Waals surface area contributed by atoms with Gasteiger partial charge in [-0.3, -0.25) is 4.90 Å². The van der Waals surface area contributed by atoms with Gasteiger partial charge < -0.3 is 9.84 Å². The maximum Gasteiger partial charge on any atom is 0.339 e. The van der Waals surface area contributed by atoms with Crippen LogP contribution in [0.2, 0.25) is 0 Å². The molecule has 23 heavy (non-hydrogen) atoms. The van der Waals surface area contributed by atoms with Crippen LogP contribution in [-0.4, -0.2) is 35.7 Å². The van der Waals surface area contributed by atoms with Gasteiger partial charge in [-0.25, -0.2) is 4.79 Å². The SMILES string of the molecule is Cl.O=C(O)c1ccccc1OCCN1CCc2ccccc2C1. The summed E-state index contributed by atoms with van der Waals surface area (Å²) in [7, 11) is 0. The van der Waals surface area contributed by atoms with E-state index in [2.05, 4.69) is 29.2 Å². The van der Waals surface area contributed by atoms with Crippen molar-refractivity contribution in [1.29, 1.82) is 0 Å². The standard InChI is InChI=1S/C18H19NO3.ClH/c20-18(21)16-7-3-4-8-17(16)22-12-11-19-10-9-14-5-1-2-6-15(14)13-19;/h1-8H,9-13H2,(H,20,21);1H. The molecule has 0 amide bonds. The van der Waals surface area contributed by atoms with Crippen molar-refractivity contribution < 1.29 is 14.6 Å². The molecule has 5 heteroatoms. The number of fused-ring (bicyclic) bond motifs is 1. The third kappa shape index (κ3) is 4.24. The Balaban J connectivity index is 0.00000192. The second-order valence-electron chi connectivity index (χ2n) is 5.44. The maximum absolute atomic E-state index is 11.1. The van der Waals surface area contributed by atoms with E-state index in [1.165, 1.54) is 11.1 Å². The van der Waals surface area contributed by atoms with E-state index in [-0.39, 0.29) is 18.0 Å². The fourth-order valence-electron chi connectivity index (χ4n) is 2.80. The Kier molecular flexibility index (Phi) is 6.02. The van der Waals surface area contributed by atoms with Crippen molar-refractivity contribution in [3.8, 4) is 5.75 Å². The summed E-state index contributed by atoms with van der Waals surface area (Å²) in [4.78, 5) is 13.5. The van der Waals surface area contributed by atoms with Crippen LogP contribution >= 0.6 is 12.4 Å². The molecule has 3 rings (SSSR count). The minimum Gasteiger partial charge on any atom is -0.491 e. The summed E-state index contributed by atoms with van der Waals surface area (Å²) in [6.45, 7) is 3.23. The maximum atomic E-state index is 11.1. The van der Waals surface area contributed by atoms with Gasteiger partial charge >= 0.3 is 5.97 Å². The lowest BCUT2D eigenvalue weighted by Crippen LogP contribution is -2.33. The van der Waals surface area contributed by atoms with E-state index in [4.69, 9.17) is 9.84 Å². The van der Waals surface area contributed by atoms with Crippen LogP contribution in [0.25, 0.3) is 0 Å². The van der Waals surface area contributed by atoms with Crippen LogP contribution in [-0.2, 0) is 13.0 Å². The number of carboxylic acid groups (broad SMARTS) is 1. The van der Waals surface area contributed by atoms with Gasteiger partial charge in [-0.05, 0) is 29.7 Å². The quantitative estimate of drug-likeness (QED) is 0.912. The van der Waals surface area contributed by atoms with E-state index in [1.807, 2.05) is 0 Å². The molecule has 0 fully saturated rings. The van der Waals surface area contributed by atoms with Crippen molar-refractivity contribution in [2.75, 3.05) is 19.7 Å². The predicted molar refractivity (Wildman–Crippen MR) is 91.6 cm³/mol. The van der Waals surface area contributed by atoms with E-state index < -0.39 is 5.97 Å². The zero-order chi connectivity index (χ0) is 15.4. The number of ether oxygens (including phenoxy) is 1. The predicted octanol–water partition coefficient (Wildman–Crippen LogP) is 3.24. The van der Waals surface area contributed by atoms with Crippen LogP contribution in [0.1, 0.15) is 21.5 Å². The molecular weight excluding hydrogens is 314 g/mol. The van der Waals surface area contributed by atoms with Crippen molar-refractivity contribution in [2.45, 2.75) is 13.0 Å². The summed E-state index contributed by atoms with van der Waals surface area (Å²) in [5.41, 5.74) is 3.02. The first-order chi connectivity index (χ1) is 10.7. The second-order valence-corrected chi connectivity index (χ2v) is 5.44. The van der Waals surface area contributed by atoms with Crippen molar-refractivity contribution >= 4 is 18.4 Å². The fraction of sp³-hybridized carbons (Fsp3) is 0.278. The normalized spacial score (nSPS) is 13.7. The van der Waals surface area contributed by atoms with Crippen molar-refractivity contribution in [2.24, 2.45) is 0 Å². The van der Waals surface area contributed by atoms with Crippen molar-refractivity contribution in [1.82, 2.24) is 4.90 Å². The first kappa shape index (κ1) is 17.3. The molecule has 2 aromatic rings. The Morgan fingerprint density at radius 3 is 2.57 bits per heavy atom. The number of rotatable bonds is 5. The summed E-state index contributed by atoms with van der Waals surface area (Å²) in [5, 5.41) is 9.13. The number of carbonyl (C=O) groups is 1. The molecule has 1 heterocycles. The topological polar surface area (TPSA) is 49.8 Å². The highest BCUT2D eigenvalue weighted by Crippen LogP contribution is 2.20. The molecule has 0 radical (unpaired) electrons. The molecule has 0 aromatic heterocycles. The third-order valence-corrected chi connectivity index (χ3v) is 3.99. The highest BCUT2D eigenvalue weighted by Gasteiger charge is 2.16. The van der Waals surface area contributed by atoms with Gasteiger partial charge in [-0.2, -0.15) is 0 Å². The van der Waals surface area contributed by atoms with E-state index in [1.54, 1.807) is 24.3 Å². The number of benzene rings is 2. The van der Waals surface area contributed by atoms with Gasteiger partial charge in [-0.15, -0.1) is 12.4 Å². The molecule has 1 aliphatic heterocycles. The average molecular weight is 334 g/mol. The Hall–Kier alpha value is -2.04. The van der Waals surface area contributed by atoms with Crippen molar-refractivity contribution in [3.63, 3.8) is 0 Å². The summed E-state index contributed by atoms with van der Waals surface area (Å²) < 4.78 is 5.67. The molecule has 0 aliphatic carbocycles. The number of hydrogen-bond acceptors (Lipinski definition) is 3. The van der Waals surface area contributed by atoms with Crippen molar-refractivity contribution in [3.05, 3.63) is 65.2 Å². The molecule has 0 saturated carbocycles. The van der Waals surface area contributed by atoms with Gasteiger partial charge in [-0.1, -0.05) is 36.4 Å². The largest absolute Gasteiger partial charge is 0.491 e. The molecule has 0 saturated heterocycles. The van der Waals surface area contributed by atoms with Gasteiger partial charge in [0.1, 0.15) is 17.9 Å². The Morgan fingerprint density at radius 1 is 1.09 bits per heavy atom. The van der Waals surface area contributed by atoms with Crippen LogP contribution in [0.15, 0.2) is 48.5 Å². The Morgan fingerprint density at radius 2 is 1.78 bits per heavy atom. The van der Waals surface area contributed by atoms with Gasteiger partial charge in [0.25, 0.3) is 0 Å². The molecule has 1 N–H and O–H groups in total.